The molecule has 1 heterocycles. The van der Waals surface area contributed by atoms with E-state index in [0.29, 0.717) is 31.0 Å². The Morgan fingerprint density at radius 1 is 1.26 bits per heavy atom. The number of unbranched alkanes of at least 4 members (excludes halogenated alkanes) is 1. The molecule has 23 heavy (non-hydrogen) atoms. The molecule has 0 spiro atoms. The summed E-state index contributed by atoms with van der Waals surface area (Å²) in [5, 5.41) is 18.8. The van der Waals surface area contributed by atoms with Gasteiger partial charge in [0.15, 0.2) is 0 Å². The molecule has 1 aliphatic heterocycles. The maximum Gasteiger partial charge on any atom is 0.233 e. The topological polar surface area (TPSA) is 84.3 Å². The quantitative estimate of drug-likeness (QED) is 0.351. The minimum absolute atomic E-state index is 0. The van der Waals surface area contributed by atoms with Gasteiger partial charge in [-0.25, -0.2) is 5.06 Å². The summed E-state index contributed by atoms with van der Waals surface area (Å²) >= 11 is 0. The zero-order valence-electron chi connectivity index (χ0n) is 13.5. The number of rotatable bonds is 10. The van der Waals surface area contributed by atoms with E-state index in [1.54, 1.807) is 0 Å². The van der Waals surface area contributed by atoms with Crippen LogP contribution in [0.25, 0.3) is 0 Å². The lowest BCUT2D eigenvalue weighted by Gasteiger charge is -2.36. The summed E-state index contributed by atoms with van der Waals surface area (Å²) in [6, 6.07) is 0. The molecular formula is C16H33N3O4. The molecule has 0 saturated carbocycles. The molecular weight excluding hydrogens is 298 g/mol. The Morgan fingerprint density at radius 3 is 2.43 bits per heavy atom. The van der Waals surface area contributed by atoms with Crippen molar-refractivity contribution in [1.29, 1.82) is 0 Å². The molecule has 1 atom stereocenters. The summed E-state index contributed by atoms with van der Waals surface area (Å²) in [7, 11) is 0. The van der Waals surface area contributed by atoms with Crippen molar-refractivity contribution in [1.82, 2.24) is 14.9 Å². The second kappa shape index (κ2) is 12.3. The van der Waals surface area contributed by atoms with Gasteiger partial charge in [0.1, 0.15) is 0 Å². The molecule has 1 aliphatic rings. The smallest absolute Gasteiger partial charge is 0.233 e. The van der Waals surface area contributed by atoms with Crippen molar-refractivity contribution in [2.45, 2.75) is 40.0 Å². The van der Waals surface area contributed by atoms with Gasteiger partial charge in [0.2, 0.25) is 12.3 Å². The molecule has 1 fully saturated rings. The maximum atomic E-state index is 12.6. The first-order valence-corrected chi connectivity index (χ1v) is 8.15. The van der Waals surface area contributed by atoms with Crippen molar-refractivity contribution in [3.63, 3.8) is 0 Å². The summed E-state index contributed by atoms with van der Waals surface area (Å²) in [5.74, 6) is -0.310. The summed E-state index contributed by atoms with van der Waals surface area (Å²) in [6.07, 6.45) is 3.67. The number of carbonyl (C=O) groups is 2. The standard InChI is InChI=1S/C15H29N3O4.CH4/c1-2-3-5-14(12-18(22)13-20)15(21)17-9-7-16(8-10-17)6-4-11-19;/h13-14,19,22H,2-12H2,1H3;1H4. The fourth-order valence-corrected chi connectivity index (χ4v) is 2.76. The van der Waals surface area contributed by atoms with Gasteiger partial charge in [-0.2, -0.15) is 0 Å². The number of aliphatic hydroxyl groups excluding tert-OH is 1. The van der Waals surface area contributed by atoms with Gasteiger partial charge in [-0.15, -0.1) is 0 Å². The summed E-state index contributed by atoms with van der Waals surface area (Å²) in [6.45, 7) is 6.11. The fraction of sp³-hybridized carbons (Fsp3) is 0.875. The molecule has 0 bridgehead atoms. The number of carbonyl (C=O) groups excluding carboxylic acids is 2. The van der Waals surface area contributed by atoms with Crippen molar-refractivity contribution >= 4 is 12.3 Å². The predicted octanol–water partition coefficient (Wildman–Crippen LogP) is 0.803. The minimum atomic E-state index is -0.334. The van der Waals surface area contributed by atoms with Crippen molar-refractivity contribution < 1.29 is 19.9 Å². The highest BCUT2D eigenvalue weighted by molar-refractivity contribution is 5.79. The molecule has 7 nitrogen and oxygen atoms in total. The Kier molecular flexibility index (Phi) is 11.6. The van der Waals surface area contributed by atoms with Gasteiger partial charge in [0, 0.05) is 39.3 Å². The van der Waals surface area contributed by atoms with Crippen LogP contribution in [0.4, 0.5) is 0 Å². The molecule has 0 aliphatic carbocycles. The molecule has 0 radical (unpaired) electrons. The second-order valence-electron chi connectivity index (χ2n) is 5.81. The monoisotopic (exact) mass is 331 g/mol. The molecule has 2 N–H and O–H groups in total. The maximum absolute atomic E-state index is 12.6. The van der Waals surface area contributed by atoms with Crippen LogP contribution in [0.2, 0.25) is 0 Å². The van der Waals surface area contributed by atoms with Gasteiger partial charge in [0.05, 0.1) is 12.5 Å². The molecule has 2 amide bonds. The van der Waals surface area contributed by atoms with E-state index in [2.05, 4.69) is 11.8 Å². The Hall–Kier alpha value is -1.18. The summed E-state index contributed by atoms with van der Waals surface area (Å²) in [5.41, 5.74) is 0. The van der Waals surface area contributed by atoms with E-state index in [1.807, 2.05) is 4.90 Å². The molecule has 136 valence electrons. The number of aliphatic hydroxyl groups is 1. The second-order valence-corrected chi connectivity index (χ2v) is 5.81. The van der Waals surface area contributed by atoms with Crippen LogP contribution < -0.4 is 0 Å². The third-order valence-electron chi connectivity index (χ3n) is 4.10. The van der Waals surface area contributed by atoms with E-state index in [-0.39, 0.29) is 32.4 Å². The number of amides is 2. The van der Waals surface area contributed by atoms with Crippen LogP contribution in [0.3, 0.4) is 0 Å². The van der Waals surface area contributed by atoms with Gasteiger partial charge in [0.25, 0.3) is 0 Å². The lowest BCUT2D eigenvalue weighted by molar-refractivity contribution is -0.157. The third kappa shape index (κ3) is 7.76. The highest BCUT2D eigenvalue weighted by Gasteiger charge is 2.28. The zero-order valence-corrected chi connectivity index (χ0v) is 13.5. The SMILES string of the molecule is C.CCCCC(CN(O)C=O)C(=O)N1CCN(CCCO)CC1. The van der Waals surface area contributed by atoms with E-state index < -0.39 is 0 Å². The Labute approximate surface area is 139 Å². The van der Waals surface area contributed by atoms with Crippen molar-refractivity contribution in [3.05, 3.63) is 0 Å². The number of hydrogen-bond acceptors (Lipinski definition) is 5. The molecule has 1 saturated heterocycles. The highest BCUT2D eigenvalue weighted by Crippen LogP contribution is 2.15. The van der Waals surface area contributed by atoms with Gasteiger partial charge in [-0.1, -0.05) is 27.2 Å². The first-order valence-electron chi connectivity index (χ1n) is 8.15. The summed E-state index contributed by atoms with van der Waals surface area (Å²) < 4.78 is 0. The molecule has 0 aromatic rings. The first-order chi connectivity index (χ1) is 10.6. The molecule has 1 unspecified atom stereocenters. The molecule has 0 aromatic carbocycles. The number of hydrogen-bond donors (Lipinski definition) is 2. The Morgan fingerprint density at radius 2 is 1.91 bits per heavy atom. The number of hydroxylamine groups is 2. The van der Waals surface area contributed by atoms with Crippen molar-refractivity contribution in [2.75, 3.05) is 45.9 Å². The van der Waals surface area contributed by atoms with Crippen LogP contribution >= 0.6 is 0 Å². The largest absolute Gasteiger partial charge is 0.396 e. The van der Waals surface area contributed by atoms with Crippen LogP contribution in [-0.2, 0) is 9.59 Å². The normalized spacial score (nSPS) is 16.6. The van der Waals surface area contributed by atoms with Gasteiger partial charge < -0.3 is 10.0 Å². The van der Waals surface area contributed by atoms with Crippen molar-refractivity contribution in [2.24, 2.45) is 5.92 Å². The van der Waals surface area contributed by atoms with Gasteiger partial charge in [-0.3, -0.25) is 19.7 Å². The fourth-order valence-electron chi connectivity index (χ4n) is 2.76. The van der Waals surface area contributed by atoms with Crippen LogP contribution in [0.15, 0.2) is 0 Å². The minimum Gasteiger partial charge on any atom is -0.396 e. The van der Waals surface area contributed by atoms with E-state index in [9.17, 15) is 14.8 Å². The Bertz CT molecular complexity index is 333. The van der Waals surface area contributed by atoms with E-state index in [1.165, 1.54) is 0 Å². The van der Waals surface area contributed by atoms with Crippen LogP contribution in [0.1, 0.15) is 40.0 Å². The molecule has 0 aromatic heterocycles. The highest BCUT2D eigenvalue weighted by atomic mass is 16.5. The van der Waals surface area contributed by atoms with Crippen LogP contribution in [-0.4, -0.2) is 83.4 Å². The van der Waals surface area contributed by atoms with E-state index in [4.69, 9.17) is 5.11 Å². The van der Waals surface area contributed by atoms with Crippen LogP contribution in [0.5, 0.6) is 0 Å². The number of piperazine rings is 1. The van der Waals surface area contributed by atoms with E-state index in [0.717, 1.165) is 38.9 Å². The van der Waals surface area contributed by atoms with Gasteiger partial charge >= 0.3 is 0 Å². The Balaban J connectivity index is 0.00000484. The lowest BCUT2D eigenvalue weighted by atomic mass is 10.00. The van der Waals surface area contributed by atoms with Crippen LogP contribution in [0, 0.1) is 5.92 Å². The third-order valence-corrected chi connectivity index (χ3v) is 4.10. The average Bonchev–Trinajstić information content (AvgIpc) is 2.56. The average molecular weight is 331 g/mol. The lowest BCUT2D eigenvalue weighted by Crippen LogP contribution is -2.51. The first kappa shape index (κ1) is 21.8. The van der Waals surface area contributed by atoms with Gasteiger partial charge in [-0.05, 0) is 12.8 Å². The molecule has 7 heteroatoms. The molecule has 1 rings (SSSR count). The number of nitrogens with zero attached hydrogens (tertiary/aromatic N) is 3. The van der Waals surface area contributed by atoms with E-state index >= 15 is 0 Å². The van der Waals surface area contributed by atoms with Crippen molar-refractivity contribution in [3.8, 4) is 0 Å². The summed E-state index contributed by atoms with van der Waals surface area (Å²) in [4.78, 5) is 27.2. The zero-order chi connectivity index (χ0) is 16.4. The predicted molar refractivity (Wildman–Crippen MR) is 89.0 cm³/mol.